The maximum absolute atomic E-state index is 11.3. The van der Waals surface area contributed by atoms with Gasteiger partial charge in [0.05, 0.1) is 5.75 Å². The Bertz CT molecular complexity index is 167. The van der Waals surface area contributed by atoms with E-state index in [9.17, 15) is 4.79 Å². The summed E-state index contributed by atoms with van der Waals surface area (Å²) < 4.78 is 0. The van der Waals surface area contributed by atoms with Crippen LogP contribution in [0.5, 0.6) is 0 Å². The van der Waals surface area contributed by atoms with E-state index >= 15 is 0 Å². The van der Waals surface area contributed by atoms with Crippen molar-refractivity contribution in [2.24, 2.45) is 0 Å². The number of nitrogens with zero attached hydrogens (tertiary/aromatic N) is 2. The molecule has 0 N–H and O–H groups in total. The molecule has 0 aromatic heterocycles. The Hall–Kier alpha value is -0.220. The monoisotopic (exact) mass is 202 g/mol. The molecule has 0 aromatic rings. The summed E-state index contributed by atoms with van der Waals surface area (Å²) in [7, 11) is 0. The minimum atomic E-state index is 0.166. The van der Waals surface area contributed by atoms with E-state index in [1.165, 1.54) is 6.42 Å². The summed E-state index contributed by atoms with van der Waals surface area (Å²) in [5.41, 5.74) is 0. The zero-order valence-corrected chi connectivity index (χ0v) is 9.09. The SMILES string of the molecule is CCCN1CCN(C(=O)CS)CC1. The van der Waals surface area contributed by atoms with Gasteiger partial charge in [-0.3, -0.25) is 9.69 Å². The number of hydrogen-bond acceptors (Lipinski definition) is 3. The predicted octanol–water partition coefficient (Wildman–Crippen LogP) is 0.470. The summed E-state index contributed by atoms with van der Waals surface area (Å²) in [5, 5.41) is 0. The topological polar surface area (TPSA) is 23.6 Å². The molecule has 0 aromatic carbocycles. The highest BCUT2D eigenvalue weighted by Crippen LogP contribution is 2.03. The summed E-state index contributed by atoms with van der Waals surface area (Å²) >= 11 is 3.98. The van der Waals surface area contributed by atoms with Crippen LogP contribution < -0.4 is 0 Å². The van der Waals surface area contributed by atoms with Gasteiger partial charge in [-0.05, 0) is 13.0 Å². The Labute approximate surface area is 85.5 Å². The second-order valence-electron chi connectivity index (χ2n) is 3.38. The van der Waals surface area contributed by atoms with E-state index in [0.717, 1.165) is 32.7 Å². The molecule has 0 atom stereocenters. The van der Waals surface area contributed by atoms with Gasteiger partial charge in [0.25, 0.3) is 0 Å². The fourth-order valence-corrected chi connectivity index (χ4v) is 1.84. The van der Waals surface area contributed by atoms with Crippen LogP contribution in [-0.4, -0.2) is 54.2 Å². The van der Waals surface area contributed by atoms with Crippen molar-refractivity contribution in [2.45, 2.75) is 13.3 Å². The van der Waals surface area contributed by atoms with Gasteiger partial charge in [-0.15, -0.1) is 0 Å². The van der Waals surface area contributed by atoms with E-state index in [1.807, 2.05) is 4.90 Å². The lowest BCUT2D eigenvalue weighted by Crippen LogP contribution is -2.49. The van der Waals surface area contributed by atoms with Gasteiger partial charge in [-0.25, -0.2) is 0 Å². The van der Waals surface area contributed by atoms with Crippen LogP contribution in [0.3, 0.4) is 0 Å². The standard InChI is InChI=1S/C9H18N2OS/c1-2-3-10-4-6-11(7-5-10)9(12)8-13/h13H,2-8H2,1H3. The van der Waals surface area contributed by atoms with Crippen LogP contribution >= 0.6 is 12.6 Å². The third-order valence-corrected chi connectivity index (χ3v) is 2.67. The first-order valence-electron chi connectivity index (χ1n) is 4.89. The quantitative estimate of drug-likeness (QED) is 0.673. The number of rotatable bonds is 3. The molecule has 76 valence electrons. The van der Waals surface area contributed by atoms with Crippen LogP contribution in [0, 0.1) is 0 Å². The molecule has 13 heavy (non-hydrogen) atoms. The molecule has 0 bridgehead atoms. The summed E-state index contributed by atoms with van der Waals surface area (Å²) in [6, 6.07) is 0. The molecule has 4 heteroatoms. The molecule has 1 amide bonds. The first-order valence-corrected chi connectivity index (χ1v) is 5.52. The number of amides is 1. The molecule has 1 heterocycles. The Balaban J connectivity index is 2.26. The van der Waals surface area contributed by atoms with Crippen LogP contribution in [-0.2, 0) is 4.79 Å². The van der Waals surface area contributed by atoms with Crippen molar-refractivity contribution in [1.29, 1.82) is 0 Å². The normalized spacial score (nSPS) is 19.1. The van der Waals surface area contributed by atoms with Crippen molar-refractivity contribution in [3.05, 3.63) is 0 Å². The van der Waals surface area contributed by atoms with Crippen LogP contribution in [0.4, 0.5) is 0 Å². The van der Waals surface area contributed by atoms with E-state index < -0.39 is 0 Å². The third kappa shape index (κ3) is 3.19. The van der Waals surface area contributed by atoms with Gasteiger partial charge in [-0.2, -0.15) is 12.6 Å². The first kappa shape index (κ1) is 10.9. The highest BCUT2D eigenvalue weighted by Gasteiger charge is 2.18. The molecule has 0 radical (unpaired) electrons. The van der Waals surface area contributed by atoms with Crippen molar-refractivity contribution in [1.82, 2.24) is 9.80 Å². The van der Waals surface area contributed by atoms with Crippen molar-refractivity contribution in [2.75, 3.05) is 38.5 Å². The molecular formula is C9H18N2OS. The molecule has 0 unspecified atom stereocenters. The number of thiol groups is 1. The van der Waals surface area contributed by atoms with Gasteiger partial charge >= 0.3 is 0 Å². The van der Waals surface area contributed by atoms with E-state index in [4.69, 9.17) is 0 Å². The molecule has 1 aliphatic rings. The fourth-order valence-electron chi connectivity index (χ4n) is 1.64. The summed E-state index contributed by atoms with van der Waals surface area (Å²) in [6.45, 7) is 7.13. The van der Waals surface area contributed by atoms with Crippen LogP contribution in [0.1, 0.15) is 13.3 Å². The summed E-state index contributed by atoms with van der Waals surface area (Å²) in [6.07, 6.45) is 1.19. The number of piperazine rings is 1. The maximum atomic E-state index is 11.3. The lowest BCUT2D eigenvalue weighted by molar-refractivity contribution is -0.130. The molecule has 1 saturated heterocycles. The smallest absolute Gasteiger partial charge is 0.232 e. The second kappa shape index (κ2) is 5.50. The van der Waals surface area contributed by atoms with E-state index in [0.29, 0.717) is 5.75 Å². The van der Waals surface area contributed by atoms with Gasteiger partial charge < -0.3 is 4.90 Å². The average Bonchev–Trinajstić information content (AvgIpc) is 2.18. The third-order valence-electron chi connectivity index (χ3n) is 2.40. The second-order valence-corrected chi connectivity index (χ2v) is 3.70. The first-order chi connectivity index (χ1) is 6.27. The average molecular weight is 202 g/mol. The molecule has 1 aliphatic heterocycles. The van der Waals surface area contributed by atoms with E-state index in [2.05, 4.69) is 24.5 Å². The van der Waals surface area contributed by atoms with Gasteiger partial charge in [0.2, 0.25) is 5.91 Å². The minimum absolute atomic E-state index is 0.166. The van der Waals surface area contributed by atoms with Crippen LogP contribution in [0.15, 0.2) is 0 Å². The number of carbonyl (C=O) groups excluding carboxylic acids is 1. The lowest BCUT2D eigenvalue weighted by atomic mass is 10.3. The Morgan fingerprint density at radius 1 is 1.31 bits per heavy atom. The zero-order chi connectivity index (χ0) is 9.68. The molecule has 1 fully saturated rings. The predicted molar refractivity (Wildman–Crippen MR) is 57.2 cm³/mol. The Morgan fingerprint density at radius 3 is 2.38 bits per heavy atom. The van der Waals surface area contributed by atoms with Gasteiger partial charge in [0, 0.05) is 26.2 Å². The highest BCUT2D eigenvalue weighted by molar-refractivity contribution is 7.81. The summed E-state index contributed by atoms with van der Waals surface area (Å²) in [5.74, 6) is 0.507. The van der Waals surface area contributed by atoms with Crippen LogP contribution in [0.25, 0.3) is 0 Å². The van der Waals surface area contributed by atoms with Crippen molar-refractivity contribution in [3.63, 3.8) is 0 Å². The highest BCUT2D eigenvalue weighted by atomic mass is 32.1. The van der Waals surface area contributed by atoms with E-state index in [1.54, 1.807) is 0 Å². The summed E-state index contributed by atoms with van der Waals surface area (Å²) in [4.78, 5) is 15.6. The van der Waals surface area contributed by atoms with Gasteiger partial charge in [-0.1, -0.05) is 6.92 Å². The number of hydrogen-bond donors (Lipinski definition) is 1. The largest absolute Gasteiger partial charge is 0.339 e. The minimum Gasteiger partial charge on any atom is -0.339 e. The fraction of sp³-hybridized carbons (Fsp3) is 0.889. The number of carbonyl (C=O) groups is 1. The molecule has 0 spiro atoms. The molecule has 0 saturated carbocycles. The molecule has 3 nitrogen and oxygen atoms in total. The van der Waals surface area contributed by atoms with Crippen LogP contribution in [0.2, 0.25) is 0 Å². The lowest BCUT2D eigenvalue weighted by Gasteiger charge is -2.34. The van der Waals surface area contributed by atoms with Gasteiger partial charge in [0.15, 0.2) is 0 Å². The zero-order valence-electron chi connectivity index (χ0n) is 8.20. The Kier molecular flexibility index (Phi) is 4.59. The molecule has 0 aliphatic carbocycles. The van der Waals surface area contributed by atoms with Crippen molar-refractivity contribution >= 4 is 18.5 Å². The molecule has 1 rings (SSSR count). The van der Waals surface area contributed by atoms with Crippen molar-refractivity contribution in [3.8, 4) is 0 Å². The van der Waals surface area contributed by atoms with Gasteiger partial charge in [0.1, 0.15) is 0 Å². The Morgan fingerprint density at radius 2 is 1.92 bits per heavy atom. The van der Waals surface area contributed by atoms with E-state index in [-0.39, 0.29) is 5.91 Å². The molecular weight excluding hydrogens is 184 g/mol. The van der Waals surface area contributed by atoms with Crippen molar-refractivity contribution < 1.29 is 4.79 Å². The maximum Gasteiger partial charge on any atom is 0.232 e.